The van der Waals surface area contributed by atoms with Crippen LogP contribution < -0.4 is 0 Å². The van der Waals surface area contributed by atoms with Crippen LogP contribution in [0.15, 0.2) is 34.9 Å². The first-order chi connectivity index (χ1) is 27.1. The minimum atomic E-state index is -2.52. The second-order valence-electron chi connectivity index (χ2n) is 18.0. The summed E-state index contributed by atoms with van der Waals surface area (Å²) in [5.74, 6) is -7.51. The van der Waals surface area contributed by atoms with Crippen molar-refractivity contribution < 1.29 is 59.6 Å². The van der Waals surface area contributed by atoms with Crippen molar-refractivity contribution in [3.8, 4) is 0 Å². The molecular weight excluding hydrogens is 746 g/mol. The molecule has 3 aliphatic rings. The van der Waals surface area contributed by atoms with Gasteiger partial charge in [-0.3, -0.25) is 9.59 Å². The molecule has 0 saturated carbocycles. The van der Waals surface area contributed by atoms with Gasteiger partial charge in [-0.2, -0.15) is 0 Å². The standard InChI is InChI=1S/C45H75NO12/c1-10-33-15-17-40(28(5)21-26(3)32(9)47)57-44(55)36-13-11-12-18-46(36)43(54)42(53)45(56)30(7)14-16-35(58-45)24-39(51)31(8)38(50)23-34(48)22-37(49)27(4)19-25(2)20-29(6)41(33)52/h15,19,21,25-26,29-32,34-41,47-52,56H,10-14,16-18,20,22-24H2,1-9H3/b27-19-,28-21+,33-15+/t25-,26-,29?,30-,31-,32-,34+,35+,36+,37+,38+,39+,40+,41+,45-/m1/s1. The van der Waals surface area contributed by atoms with E-state index < -0.39 is 90.2 Å². The highest BCUT2D eigenvalue weighted by atomic mass is 16.6. The topological polar surface area (TPSA) is 215 Å². The molecule has 332 valence electrons. The van der Waals surface area contributed by atoms with Crippen LogP contribution >= 0.6 is 0 Å². The number of fused-ring (bicyclic) bond motifs is 3. The average molecular weight is 822 g/mol. The smallest absolute Gasteiger partial charge is 0.329 e. The van der Waals surface area contributed by atoms with E-state index in [9.17, 15) is 50.1 Å². The number of esters is 1. The first-order valence-corrected chi connectivity index (χ1v) is 21.7. The van der Waals surface area contributed by atoms with E-state index in [0.717, 1.165) is 5.57 Å². The third kappa shape index (κ3) is 13.3. The Bertz CT molecular complexity index is 1460. The van der Waals surface area contributed by atoms with Crippen molar-refractivity contribution in [2.45, 2.75) is 194 Å². The lowest BCUT2D eigenvalue weighted by Crippen LogP contribution is -2.61. The number of hydrogen-bond acceptors (Lipinski definition) is 12. The van der Waals surface area contributed by atoms with Gasteiger partial charge in [0.1, 0.15) is 12.1 Å². The Hall–Kier alpha value is -2.49. The maximum Gasteiger partial charge on any atom is 0.329 e. The molecule has 0 aromatic heterocycles. The Kier molecular flexibility index (Phi) is 19.2. The highest BCUT2D eigenvalue weighted by Gasteiger charge is 2.53. The zero-order chi connectivity index (χ0) is 43.6. The number of aliphatic hydroxyl groups is 7. The number of rotatable bonds is 4. The predicted octanol–water partition coefficient (Wildman–Crippen LogP) is 4.27. The third-order valence-corrected chi connectivity index (χ3v) is 13.0. The maximum absolute atomic E-state index is 14.1. The van der Waals surface area contributed by atoms with Gasteiger partial charge in [0.05, 0.1) is 42.7 Å². The van der Waals surface area contributed by atoms with Crippen molar-refractivity contribution >= 4 is 17.7 Å². The van der Waals surface area contributed by atoms with Gasteiger partial charge in [-0.1, -0.05) is 59.8 Å². The molecule has 0 radical (unpaired) electrons. The zero-order valence-corrected chi connectivity index (χ0v) is 36.4. The molecule has 0 spiro atoms. The van der Waals surface area contributed by atoms with Gasteiger partial charge in [0.15, 0.2) is 0 Å². The van der Waals surface area contributed by atoms with Gasteiger partial charge >= 0.3 is 5.97 Å². The summed E-state index contributed by atoms with van der Waals surface area (Å²) in [5.41, 5.74) is 2.08. The number of aliphatic hydroxyl groups excluding tert-OH is 6. The van der Waals surface area contributed by atoms with Crippen LogP contribution in [-0.2, 0) is 23.9 Å². The SMILES string of the molecule is CC/C1=C\C[C@@H](/C(C)=C/[C@@H](C)[C@@H](C)O)OC(=O)[C@@H]2CCCCN2C(=O)C(=O)[C@]2(O)O[C@@H](CC[C@H]2C)C[C@H](O)[C@H](C)[C@@H](O)C[C@@H](O)C[C@H](O)/C(C)=C\[C@@H](C)CC(C)[C@@H]1O. The van der Waals surface area contributed by atoms with E-state index in [2.05, 4.69) is 0 Å². The first kappa shape index (κ1) is 49.9. The average Bonchev–Trinajstić information content (AvgIpc) is 3.17. The number of amides is 1. The number of ether oxygens (including phenoxy) is 2. The Morgan fingerprint density at radius 2 is 1.60 bits per heavy atom. The van der Waals surface area contributed by atoms with Crippen molar-refractivity contribution in [3.05, 3.63) is 34.9 Å². The van der Waals surface area contributed by atoms with E-state index in [1.165, 1.54) is 4.90 Å². The number of piperidine rings is 1. The molecule has 7 N–H and O–H groups in total. The highest BCUT2D eigenvalue weighted by molar-refractivity contribution is 6.39. The van der Waals surface area contributed by atoms with Gasteiger partial charge in [-0.15, -0.1) is 0 Å². The second-order valence-corrected chi connectivity index (χ2v) is 18.0. The minimum Gasteiger partial charge on any atom is -0.456 e. The van der Waals surface area contributed by atoms with Gasteiger partial charge in [0, 0.05) is 37.1 Å². The van der Waals surface area contributed by atoms with Gasteiger partial charge in [-0.25, -0.2) is 4.79 Å². The molecule has 1 unspecified atom stereocenters. The van der Waals surface area contributed by atoms with Crippen molar-refractivity contribution in [3.63, 3.8) is 0 Å². The fourth-order valence-corrected chi connectivity index (χ4v) is 8.63. The molecule has 3 heterocycles. The van der Waals surface area contributed by atoms with Crippen LogP contribution in [-0.4, -0.2) is 126 Å². The van der Waals surface area contributed by atoms with E-state index >= 15 is 0 Å². The highest BCUT2D eigenvalue weighted by Crippen LogP contribution is 2.37. The number of carbonyl (C=O) groups excluding carboxylic acids is 3. The van der Waals surface area contributed by atoms with E-state index in [0.29, 0.717) is 49.7 Å². The number of nitrogens with zero attached hydrogens (tertiary/aromatic N) is 1. The summed E-state index contributed by atoms with van der Waals surface area (Å²) in [5, 5.41) is 77.5. The first-order valence-electron chi connectivity index (χ1n) is 21.7. The van der Waals surface area contributed by atoms with Crippen LogP contribution in [0, 0.1) is 29.6 Å². The van der Waals surface area contributed by atoms with Crippen molar-refractivity contribution in [2.75, 3.05) is 6.54 Å². The largest absolute Gasteiger partial charge is 0.456 e. The molecule has 3 rings (SSSR count). The lowest BCUT2D eigenvalue weighted by Gasteiger charge is -2.43. The predicted molar refractivity (Wildman–Crippen MR) is 220 cm³/mol. The maximum atomic E-state index is 14.1. The molecule has 0 aliphatic carbocycles. The summed E-state index contributed by atoms with van der Waals surface area (Å²) in [6.07, 6.45) is 1.31. The number of cyclic esters (lactones) is 1. The minimum absolute atomic E-state index is 0.0316. The molecule has 58 heavy (non-hydrogen) atoms. The number of ketones is 1. The molecule has 1 amide bonds. The Labute approximate surface area is 346 Å². The fourth-order valence-electron chi connectivity index (χ4n) is 8.63. The van der Waals surface area contributed by atoms with Crippen molar-refractivity contribution in [1.82, 2.24) is 4.90 Å². The molecule has 2 fully saturated rings. The molecule has 3 aliphatic heterocycles. The summed E-state index contributed by atoms with van der Waals surface area (Å²) in [7, 11) is 0. The van der Waals surface area contributed by atoms with Crippen molar-refractivity contribution in [2.24, 2.45) is 29.6 Å². The van der Waals surface area contributed by atoms with E-state index in [4.69, 9.17) is 9.47 Å². The normalized spacial score (nSPS) is 40.9. The molecule has 13 nitrogen and oxygen atoms in total. The quantitative estimate of drug-likeness (QED) is 0.120. The van der Waals surface area contributed by atoms with Gasteiger partial charge in [-0.05, 0) is 107 Å². The summed E-state index contributed by atoms with van der Waals surface area (Å²) < 4.78 is 12.1. The van der Waals surface area contributed by atoms with Crippen molar-refractivity contribution in [1.29, 1.82) is 0 Å². The number of Topliss-reactive ketones (excluding diaryl/α,β-unsaturated/α-hetero) is 1. The summed E-state index contributed by atoms with van der Waals surface area (Å²) >= 11 is 0. The molecule has 0 aromatic carbocycles. The molecule has 0 aromatic rings. The number of hydrogen-bond donors (Lipinski definition) is 7. The van der Waals surface area contributed by atoms with Crippen LogP contribution in [0.1, 0.15) is 133 Å². The number of allylic oxidation sites excluding steroid dienone is 1. The van der Waals surface area contributed by atoms with E-state index in [1.54, 1.807) is 34.6 Å². The van der Waals surface area contributed by atoms with Gasteiger partial charge in [0.25, 0.3) is 11.7 Å². The number of carbonyl (C=O) groups is 3. The van der Waals surface area contributed by atoms with Crippen LogP contribution in [0.25, 0.3) is 0 Å². The van der Waals surface area contributed by atoms with E-state index in [-0.39, 0.29) is 56.4 Å². The molecule has 2 bridgehead atoms. The summed E-state index contributed by atoms with van der Waals surface area (Å²) in [4.78, 5) is 43.3. The lowest BCUT2D eigenvalue weighted by atomic mass is 9.83. The van der Waals surface area contributed by atoms with Crippen LogP contribution in [0.3, 0.4) is 0 Å². The molecular formula is C45H75NO12. The van der Waals surface area contributed by atoms with Crippen LogP contribution in [0.5, 0.6) is 0 Å². The monoisotopic (exact) mass is 822 g/mol. The van der Waals surface area contributed by atoms with Gasteiger partial charge < -0.3 is 50.1 Å². The Balaban J connectivity index is 2.04. The summed E-state index contributed by atoms with van der Waals surface area (Å²) in [6, 6.07) is -1.10. The zero-order valence-electron chi connectivity index (χ0n) is 36.4. The second kappa shape index (κ2) is 22.4. The lowest BCUT2D eigenvalue weighted by molar-refractivity contribution is -0.266. The third-order valence-electron chi connectivity index (χ3n) is 13.0. The van der Waals surface area contributed by atoms with Gasteiger partial charge in [0.2, 0.25) is 5.79 Å². The molecule has 13 heteroatoms. The van der Waals surface area contributed by atoms with Crippen LogP contribution in [0.2, 0.25) is 0 Å². The Morgan fingerprint density at radius 3 is 2.24 bits per heavy atom. The fraction of sp³-hybridized carbons (Fsp3) is 0.800. The Morgan fingerprint density at radius 1 is 0.948 bits per heavy atom. The molecule has 15 atom stereocenters. The van der Waals surface area contributed by atoms with E-state index in [1.807, 2.05) is 45.9 Å². The summed E-state index contributed by atoms with van der Waals surface area (Å²) in [6.45, 7) is 16.3. The molecule has 2 saturated heterocycles. The van der Waals surface area contributed by atoms with Crippen LogP contribution in [0.4, 0.5) is 0 Å².